The molecule has 3 aliphatic rings. The second-order valence-electron chi connectivity index (χ2n) is 9.61. The fraction of sp³-hybridized carbons (Fsp3) is 0.423. The molecule has 2 unspecified atom stereocenters. The molecule has 3 N–H and O–H groups in total. The third-order valence-corrected chi connectivity index (χ3v) is 7.37. The molecule has 0 radical (unpaired) electrons. The summed E-state index contributed by atoms with van der Waals surface area (Å²) in [7, 11) is 0. The fourth-order valence-corrected chi connectivity index (χ4v) is 5.08. The van der Waals surface area contributed by atoms with Crippen molar-refractivity contribution in [2.24, 2.45) is 17.3 Å². The van der Waals surface area contributed by atoms with Crippen LogP contribution in [0.25, 0.3) is 11.1 Å². The summed E-state index contributed by atoms with van der Waals surface area (Å²) >= 11 is 0. The summed E-state index contributed by atoms with van der Waals surface area (Å²) in [6.45, 7) is 2.61. The van der Waals surface area contributed by atoms with E-state index in [9.17, 15) is 14.4 Å². The number of ether oxygens (including phenoxy) is 2. The topological polar surface area (TPSA) is 114 Å². The van der Waals surface area contributed by atoms with E-state index in [4.69, 9.17) is 14.6 Å². The number of fused-ring (bicyclic) bond motifs is 3. The number of rotatable bonds is 7. The van der Waals surface area contributed by atoms with E-state index in [0.29, 0.717) is 13.0 Å². The van der Waals surface area contributed by atoms with Crippen LogP contribution in [0.1, 0.15) is 30.4 Å². The number of nitrogens with one attached hydrogen (secondary N) is 2. The second-order valence-corrected chi connectivity index (χ2v) is 9.61. The van der Waals surface area contributed by atoms with Crippen LogP contribution in [0.15, 0.2) is 48.5 Å². The van der Waals surface area contributed by atoms with Gasteiger partial charge >= 0.3 is 12.1 Å². The highest BCUT2D eigenvalue weighted by molar-refractivity contribution is 5.85. The minimum atomic E-state index is -0.959. The maximum Gasteiger partial charge on any atom is 0.407 e. The monoisotopic (exact) mass is 464 g/mol. The van der Waals surface area contributed by atoms with Gasteiger partial charge in [-0.3, -0.25) is 9.59 Å². The quantitative estimate of drug-likeness (QED) is 0.581. The van der Waals surface area contributed by atoms with Crippen LogP contribution in [0.3, 0.4) is 0 Å². The van der Waals surface area contributed by atoms with Crippen LogP contribution in [-0.4, -0.2) is 55.5 Å². The van der Waals surface area contributed by atoms with Crippen molar-refractivity contribution in [3.8, 4) is 11.1 Å². The molecule has 2 amide bonds. The van der Waals surface area contributed by atoms with Crippen molar-refractivity contribution in [1.82, 2.24) is 10.6 Å². The Morgan fingerprint density at radius 3 is 2.35 bits per heavy atom. The Balaban J connectivity index is 1.18. The van der Waals surface area contributed by atoms with Gasteiger partial charge < -0.3 is 25.2 Å². The zero-order valence-corrected chi connectivity index (χ0v) is 19.0. The van der Waals surface area contributed by atoms with Crippen molar-refractivity contribution in [3.05, 3.63) is 59.7 Å². The molecule has 0 bridgehead atoms. The van der Waals surface area contributed by atoms with Gasteiger partial charge in [0.2, 0.25) is 5.91 Å². The van der Waals surface area contributed by atoms with Gasteiger partial charge in [-0.25, -0.2) is 4.79 Å². The lowest BCUT2D eigenvalue weighted by molar-refractivity contribution is -0.139. The number of carboxylic acid groups (broad SMARTS) is 1. The maximum atomic E-state index is 12.9. The average molecular weight is 465 g/mol. The molecule has 34 heavy (non-hydrogen) atoms. The largest absolute Gasteiger partial charge is 0.481 e. The lowest BCUT2D eigenvalue weighted by Gasteiger charge is -2.28. The summed E-state index contributed by atoms with van der Waals surface area (Å²) in [5.74, 6) is -1.56. The highest BCUT2D eigenvalue weighted by atomic mass is 16.5. The van der Waals surface area contributed by atoms with E-state index in [-0.39, 0.29) is 43.5 Å². The summed E-state index contributed by atoms with van der Waals surface area (Å²) in [5, 5.41) is 14.7. The number of amides is 2. The number of carbonyl (C=O) groups excluding carboxylic acids is 2. The van der Waals surface area contributed by atoms with Crippen LogP contribution in [0.5, 0.6) is 0 Å². The molecule has 5 rings (SSSR count). The van der Waals surface area contributed by atoms with Crippen LogP contribution in [0.4, 0.5) is 4.79 Å². The minimum Gasteiger partial charge on any atom is -0.481 e. The van der Waals surface area contributed by atoms with E-state index in [1.807, 2.05) is 24.3 Å². The lowest BCUT2D eigenvalue weighted by Crippen LogP contribution is -2.54. The number of carboxylic acids is 1. The third kappa shape index (κ3) is 4.03. The summed E-state index contributed by atoms with van der Waals surface area (Å²) < 4.78 is 11.1. The fourth-order valence-electron chi connectivity index (χ4n) is 5.08. The van der Waals surface area contributed by atoms with Gasteiger partial charge in [-0.15, -0.1) is 0 Å². The van der Waals surface area contributed by atoms with Crippen molar-refractivity contribution in [2.45, 2.75) is 25.3 Å². The zero-order valence-electron chi connectivity index (χ0n) is 19.0. The maximum absolute atomic E-state index is 12.9. The molecule has 2 fully saturated rings. The lowest BCUT2D eigenvalue weighted by atomic mass is 9.84. The predicted molar refractivity (Wildman–Crippen MR) is 123 cm³/mol. The normalized spacial score (nSPS) is 26.9. The molecule has 8 heteroatoms. The first-order valence-electron chi connectivity index (χ1n) is 11.6. The van der Waals surface area contributed by atoms with Crippen LogP contribution >= 0.6 is 0 Å². The Labute approximate surface area is 197 Å². The molecular formula is C26H28N2O6. The van der Waals surface area contributed by atoms with Gasteiger partial charge in [-0.1, -0.05) is 48.5 Å². The van der Waals surface area contributed by atoms with E-state index >= 15 is 0 Å². The number of alkyl carbamates (subject to hydrolysis) is 1. The van der Waals surface area contributed by atoms with E-state index in [2.05, 4.69) is 34.9 Å². The van der Waals surface area contributed by atoms with Gasteiger partial charge in [0.05, 0.1) is 30.6 Å². The van der Waals surface area contributed by atoms with Gasteiger partial charge in [0, 0.05) is 12.5 Å². The molecule has 1 saturated heterocycles. The first-order valence-corrected chi connectivity index (χ1v) is 11.6. The van der Waals surface area contributed by atoms with E-state index in [1.54, 1.807) is 6.92 Å². The van der Waals surface area contributed by atoms with Gasteiger partial charge in [0.1, 0.15) is 6.61 Å². The van der Waals surface area contributed by atoms with Crippen molar-refractivity contribution in [1.29, 1.82) is 0 Å². The molecule has 2 aromatic carbocycles. The summed E-state index contributed by atoms with van der Waals surface area (Å²) in [6.07, 6.45) is -0.0194. The standard InChI is InChI=1S/C26H28N2O6/c1-26(24(31)27-11-15-10-20(15)23(29)30)14-33-13-22(26)28-25(32)34-12-21-18-8-4-2-6-16(18)17-7-3-5-9-19(17)21/h2-9,15,20-22H,10-14H2,1H3,(H,27,31)(H,28,32)(H,29,30)/t15-,20-,22?,26?/m0/s1. The zero-order chi connectivity index (χ0) is 23.9. The molecule has 2 aliphatic carbocycles. The number of hydrogen-bond donors (Lipinski definition) is 3. The summed E-state index contributed by atoms with van der Waals surface area (Å²) in [5.41, 5.74) is 3.61. The minimum absolute atomic E-state index is 0.0408. The van der Waals surface area contributed by atoms with Gasteiger partial charge in [0.25, 0.3) is 0 Å². The molecule has 0 aromatic heterocycles. The molecule has 1 aliphatic heterocycles. The van der Waals surface area contributed by atoms with Gasteiger partial charge in [0.15, 0.2) is 0 Å². The van der Waals surface area contributed by atoms with Crippen LogP contribution < -0.4 is 10.6 Å². The number of hydrogen-bond acceptors (Lipinski definition) is 5. The summed E-state index contributed by atoms with van der Waals surface area (Å²) in [6, 6.07) is 15.7. The Hall–Kier alpha value is -3.39. The third-order valence-electron chi connectivity index (χ3n) is 7.37. The van der Waals surface area contributed by atoms with E-state index in [1.165, 1.54) is 0 Å². The van der Waals surface area contributed by atoms with Crippen LogP contribution in [0, 0.1) is 17.3 Å². The second kappa shape index (κ2) is 8.76. The average Bonchev–Trinajstić information content (AvgIpc) is 3.44. The van der Waals surface area contributed by atoms with Crippen molar-refractivity contribution < 1.29 is 29.0 Å². The molecular weight excluding hydrogens is 436 g/mol. The van der Waals surface area contributed by atoms with Crippen LogP contribution in [-0.2, 0) is 19.1 Å². The smallest absolute Gasteiger partial charge is 0.407 e. The van der Waals surface area contributed by atoms with Crippen molar-refractivity contribution in [2.75, 3.05) is 26.4 Å². The summed E-state index contributed by atoms with van der Waals surface area (Å²) in [4.78, 5) is 36.6. The number of carbonyl (C=O) groups is 3. The number of benzene rings is 2. The Morgan fingerprint density at radius 2 is 1.74 bits per heavy atom. The van der Waals surface area contributed by atoms with E-state index < -0.39 is 23.5 Å². The molecule has 178 valence electrons. The Morgan fingerprint density at radius 1 is 1.09 bits per heavy atom. The first-order chi connectivity index (χ1) is 16.4. The highest BCUT2D eigenvalue weighted by Crippen LogP contribution is 2.44. The first kappa shape index (κ1) is 22.4. The highest BCUT2D eigenvalue weighted by Gasteiger charge is 2.49. The Kier molecular flexibility index (Phi) is 5.77. The molecule has 0 spiro atoms. The molecule has 2 aromatic rings. The SMILES string of the molecule is CC1(C(=O)NC[C@@H]2C[C@@H]2C(=O)O)COCC1NC(=O)OCC1c2ccccc2-c2ccccc21. The molecule has 8 nitrogen and oxygen atoms in total. The Bertz CT molecular complexity index is 1090. The van der Waals surface area contributed by atoms with Gasteiger partial charge in [-0.05, 0) is 41.5 Å². The number of aliphatic carboxylic acids is 1. The van der Waals surface area contributed by atoms with Crippen LogP contribution in [0.2, 0.25) is 0 Å². The van der Waals surface area contributed by atoms with Gasteiger partial charge in [-0.2, -0.15) is 0 Å². The molecule has 4 atom stereocenters. The molecule has 1 heterocycles. The predicted octanol–water partition coefficient (Wildman–Crippen LogP) is 2.77. The molecule has 1 saturated carbocycles. The van der Waals surface area contributed by atoms with E-state index in [0.717, 1.165) is 22.3 Å². The van der Waals surface area contributed by atoms with Crippen molar-refractivity contribution >= 4 is 18.0 Å². The van der Waals surface area contributed by atoms with Crippen molar-refractivity contribution in [3.63, 3.8) is 0 Å².